The van der Waals surface area contributed by atoms with Crippen LogP contribution in [0.5, 0.6) is 11.5 Å². The van der Waals surface area contributed by atoms with E-state index in [1.807, 2.05) is 12.1 Å². The lowest BCUT2D eigenvalue weighted by molar-refractivity contribution is 0.193. The fourth-order valence-electron chi connectivity index (χ4n) is 2.05. The minimum atomic E-state index is 0.0236. The molecule has 1 aromatic carbocycles. The van der Waals surface area contributed by atoms with E-state index in [4.69, 9.17) is 14.2 Å². The smallest absolute Gasteiger partial charge is 0.123 e. The van der Waals surface area contributed by atoms with Crippen LogP contribution >= 0.6 is 0 Å². The van der Waals surface area contributed by atoms with Crippen LogP contribution in [0, 0.1) is 0 Å². The summed E-state index contributed by atoms with van der Waals surface area (Å²) in [6.45, 7) is 9.76. The summed E-state index contributed by atoms with van der Waals surface area (Å²) in [5.41, 5.74) is 1.19. The molecule has 1 rings (SSSR count). The van der Waals surface area contributed by atoms with Crippen LogP contribution in [-0.4, -0.2) is 40.5 Å². The maximum atomic E-state index is 5.92. The van der Waals surface area contributed by atoms with Crippen molar-refractivity contribution < 1.29 is 14.2 Å². The van der Waals surface area contributed by atoms with Crippen molar-refractivity contribution in [3.63, 3.8) is 0 Å². The van der Waals surface area contributed by atoms with Gasteiger partial charge in [-0.1, -0.05) is 20.8 Å². The Morgan fingerprint density at radius 3 is 2.43 bits per heavy atom. The molecular weight excluding hydrogens is 266 g/mol. The van der Waals surface area contributed by atoms with Crippen LogP contribution in [0.1, 0.15) is 32.8 Å². The molecule has 0 aliphatic carbocycles. The second-order valence-electron chi connectivity index (χ2n) is 6.06. The molecular formula is C17H29NO3. The number of rotatable bonds is 9. The first-order valence-corrected chi connectivity index (χ1v) is 7.50. The maximum Gasteiger partial charge on any atom is 0.123 e. The van der Waals surface area contributed by atoms with E-state index in [2.05, 4.69) is 32.2 Å². The van der Waals surface area contributed by atoms with Gasteiger partial charge in [-0.05, 0) is 36.6 Å². The molecule has 1 N–H and O–H groups in total. The van der Waals surface area contributed by atoms with Crippen LogP contribution in [0.2, 0.25) is 0 Å². The molecule has 0 aliphatic heterocycles. The molecule has 0 bridgehead atoms. The third kappa shape index (κ3) is 6.36. The largest absolute Gasteiger partial charge is 0.497 e. The first-order chi connectivity index (χ1) is 9.99. The Morgan fingerprint density at radius 2 is 1.81 bits per heavy atom. The van der Waals surface area contributed by atoms with Gasteiger partial charge >= 0.3 is 0 Å². The van der Waals surface area contributed by atoms with Crippen molar-refractivity contribution in [3.05, 3.63) is 23.8 Å². The highest BCUT2D eigenvalue weighted by Crippen LogP contribution is 2.34. The molecule has 4 nitrogen and oxygen atoms in total. The molecule has 0 amide bonds. The Kier molecular flexibility index (Phi) is 7.54. The van der Waals surface area contributed by atoms with Gasteiger partial charge in [0.05, 0.1) is 7.11 Å². The fraction of sp³-hybridized carbons (Fsp3) is 0.647. The molecule has 0 aliphatic rings. The van der Waals surface area contributed by atoms with Crippen molar-refractivity contribution in [1.82, 2.24) is 5.32 Å². The molecule has 21 heavy (non-hydrogen) atoms. The van der Waals surface area contributed by atoms with Crippen LogP contribution in [0.15, 0.2) is 18.2 Å². The predicted octanol–water partition coefficient (Wildman–Crippen LogP) is 3.00. The van der Waals surface area contributed by atoms with E-state index in [0.29, 0.717) is 6.61 Å². The van der Waals surface area contributed by atoms with Gasteiger partial charge in [0.15, 0.2) is 0 Å². The van der Waals surface area contributed by atoms with E-state index >= 15 is 0 Å². The fourth-order valence-corrected chi connectivity index (χ4v) is 2.05. The second kappa shape index (κ2) is 8.90. The van der Waals surface area contributed by atoms with Gasteiger partial charge < -0.3 is 19.5 Å². The molecule has 0 saturated heterocycles. The Morgan fingerprint density at radius 1 is 1.05 bits per heavy atom. The number of nitrogens with one attached hydrogen (secondary N) is 1. The molecule has 0 fully saturated rings. The minimum Gasteiger partial charge on any atom is -0.497 e. The third-order valence-corrected chi connectivity index (χ3v) is 3.23. The first kappa shape index (κ1) is 17.8. The summed E-state index contributed by atoms with van der Waals surface area (Å²) in [6, 6.07) is 5.99. The van der Waals surface area contributed by atoms with Gasteiger partial charge in [-0.15, -0.1) is 0 Å². The molecule has 120 valence electrons. The van der Waals surface area contributed by atoms with Crippen molar-refractivity contribution in [1.29, 1.82) is 0 Å². The van der Waals surface area contributed by atoms with Crippen LogP contribution in [0.25, 0.3) is 0 Å². The average molecular weight is 295 g/mol. The van der Waals surface area contributed by atoms with Gasteiger partial charge in [0, 0.05) is 25.8 Å². The lowest BCUT2D eigenvalue weighted by Crippen LogP contribution is -2.23. The standard InChI is InChI=1S/C17H29NO3/c1-17(2,3)15-13-14(20-5)7-8-16(15)21-12-10-18-9-6-11-19-4/h7-8,13,18H,6,9-12H2,1-5H3. The molecule has 0 atom stereocenters. The number of hydrogen-bond acceptors (Lipinski definition) is 4. The van der Waals surface area contributed by atoms with E-state index in [1.54, 1.807) is 14.2 Å². The van der Waals surface area contributed by atoms with Crippen molar-refractivity contribution in [2.45, 2.75) is 32.6 Å². The zero-order valence-corrected chi connectivity index (χ0v) is 14.0. The molecule has 0 heterocycles. The summed E-state index contributed by atoms with van der Waals surface area (Å²) in [5, 5.41) is 3.34. The SMILES string of the molecule is COCCCNCCOc1ccc(OC)cc1C(C)(C)C. The van der Waals surface area contributed by atoms with Gasteiger partial charge in [0.25, 0.3) is 0 Å². The topological polar surface area (TPSA) is 39.7 Å². The predicted molar refractivity (Wildman–Crippen MR) is 86.6 cm³/mol. The summed E-state index contributed by atoms with van der Waals surface area (Å²) in [4.78, 5) is 0. The van der Waals surface area contributed by atoms with E-state index in [9.17, 15) is 0 Å². The van der Waals surface area contributed by atoms with E-state index in [1.165, 1.54) is 5.56 Å². The van der Waals surface area contributed by atoms with Crippen molar-refractivity contribution in [2.24, 2.45) is 0 Å². The van der Waals surface area contributed by atoms with Crippen LogP contribution in [0.4, 0.5) is 0 Å². The first-order valence-electron chi connectivity index (χ1n) is 7.50. The summed E-state index contributed by atoms with van der Waals surface area (Å²) in [6.07, 6.45) is 1.02. The molecule has 4 heteroatoms. The van der Waals surface area contributed by atoms with Gasteiger partial charge in [-0.3, -0.25) is 0 Å². The Balaban J connectivity index is 2.51. The minimum absolute atomic E-state index is 0.0236. The van der Waals surface area contributed by atoms with Gasteiger partial charge in [0.1, 0.15) is 18.1 Å². The molecule has 1 aromatic rings. The number of benzene rings is 1. The number of methoxy groups -OCH3 is 2. The molecule has 0 aromatic heterocycles. The number of hydrogen-bond donors (Lipinski definition) is 1. The number of ether oxygens (including phenoxy) is 3. The van der Waals surface area contributed by atoms with Gasteiger partial charge in [-0.2, -0.15) is 0 Å². The van der Waals surface area contributed by atoms with Crippen LogP contribution < -0.4 is 14.8 Å². The highest BCUT2D eigenvalue weighted by Gasteiger charge is 2.19. The second-order valence-corrected chi connectivity index (χ2v) is 6.06. The van der Waals surface area contributed by atoms with E-state index < -0.39 is 0 Å². The molecule has 0 saturated carbocycles. The van der Waals surface area contributed by atoms with E-state index in [0.717, 1.165) is 37.6 Å². The Hall–Kier alpha value is -1.26. The molecule has 0 radical (unpaired) electrons. The van der Waals surface area contributed by atoms with Crippen molar-refractivity contribution in [2.75, 3.05) is 40.5 Å². The zero-order chi connectivity index (χ0) is 15.7. The lowest BCUT2D eigenvalue weighted by Gasteiger charge is -2.23. The summed E-state index contributed by atoms with van der Waals surface area (Å²) in [5.74, 6) is 1.80. The van der Waals surface area contributed by atoms with Gasteiger partial charge in [-0.25, -0.2) is 0 Å². The highest BCUT2D eigenvalue weighted by molar-refractivity contribution is 5.44. The monoisotopic (exact) mass is 295 g/mol. The third-order valence-electron chi connectivity index (χ3n) is 3.23. The van der Waals surface area contributed by atoms with Crippen molar-refractivity contribution in [3.8, 4) is 11.5 Å². The Bertz CT molecular complexity index is 413. The van der Waals surface area contributed by atoms with Crippen LogP contribution in [0.3, 0.4) is 0 Å². The van der Waals surface area contributed by atoms with E-state index in [-0.39, 0.29) is 5.41 Å². The van der Waals surface area contributed by atoms with Crippen molar-refractivity contribution >= 4 is 0 Å². The summed E-state index contributed by atoms with van der Waals surface area (Å²) >= 11 is 0. The summed E-state index contributed by atoms with van der Waals surface area (Å²) in [7, 11) is 3.41. The highest BCUT2D eigenvalue weighted by atomic mass is 16.5. The van der Waals surface area contributed by atoms with Crippen LogP contribution in [-0.2, 0) is 10.2 Å². The lowest BCUT2D eigenvalue weighted by atomic mass is 9.86. The quantitative estimate of drug-likeness (QED) is 0.711. The molecule has 0 spiro atoms. The maximum absolute atomic E-state index is 5.92. The summed E-state index contributed by atoms with van der Waals surface area (Å²) < 4.78 is 16.2. The van der Waals surface area contributed by atoms with Gasteiger partial charge in [0.2, 0.25) is 0 Å². The normalized spacial score (nSPS) is 11.5. The Labute approximate surface area is 128 Å². The zero-order valence-electron chi connectivity index (χ0n) is 14.0. The average Bonchev–Trinajstić information content (AvgIpc) is 2.45. The molecule has 0 unspecified atom stereocenters.